The summed E-state index contributed by atoms with van der Waals surface area (Å²) in [6.07, 6.45) is 14.5. The maximum atomic E-state index is 12.7. The largest absolute Gasteiger partial charge is 0.294 e. The number of ketones is 1. The third-order valence-corrected chi connectivity index (χ3v) is 7.28. The van der Waals surface area contributed by atoms with Crippen LogP contribution in [-0.4, -0.2) is 5.78 Å². The van der Waals surface area contributed by atoms with Gasteiger partial charge in [0.25, 0.3) is 0 Å². The summed E-state index contributed by atoms with van der Waals surface area (Å²) in [6, 6.07) is 19.4. The highest BCUT2D eigenvalue weighted by Gasteiger charge is 2.36. The molecule has 0 spiro atoms. The molecule has 0 aliphatic heterocycles. The van der Waals surface area contributed by atoms with Crippen molar-refractivity contribution in [3.05, 3.63) is 71.3 Å². The van der Waals surface area contributed by atoms with Crippen molar-refractivity contribution in [3.63, 3.8) is 0 Å². The molecule has 30 heavy (non-hydrogen) atoms. The number of aryl methyl sites for hydroxylation is 1. The molecule has 0 amide bonds. The third-order valence-electron chi connectivity index (χ3n) is 7.28. The molecule has 1 aliphatic rings. The zero-order valence-electron chi connectivity index (χ0n) is 19.2. The second-order valence-electron chi connectivity index (χ2n) is 9.47. The highest BCUT2D eigenvalue weighted by atomic mass is 16.1. The Morgan fingerprint density at radius 1 is 0.867 bits per heavy atom. The average Bonchev–Trinajstić information content (AvgIpc) is 2.80. The van der Waals surface area contributed by atoms with E-state index in [1.165, 1.54) is 76.2 Å². The van der Waals surface area contributed by atoms with Crippen molar-refractivity contribution in [2.75, 3.05) is 0 Å². The minimum atomic E-state index is 0.318. The molecule has 0 bridgehead atoms. The predicted octanol–water partition coefficient (Wildman–Crippen LogP) is 8.31. The van der Waals surface area contributed by atoms with E-state index in [0.717, 1.165) is 5.56 Å². The lowest BCUT2D eigenvalue weighted by atomic mass is 9.63. The Morgan fingerprint density at radius 2 is 1.53 bits per heavy atom. The van der Waals surface area contributed by atoms with Crippen molar-refractivity contribution in [3.8, 4) is 0 Å². The number of hydrogen-bond donors (Lipinski definition) is 0. The van der Waals surface area contributed by atoms with Crippen LogP contribution in [0, 0.1) is 5.92 Å². The number of carbonyl (C=O) groups is 1. The first kappa shape index (κ1) is 22.8. The van der Waals surface area contributed by atoms with Crippen molar-refractivity contribution in [2.24, 2.45) is 5.92 Å². The van der Waals surface area contributed by atoms with Gasteiger partial charge in [0.15, 0.2) is 5.78 Å². The predicted molar refractivity (Wildman–Crippen MR) is 128 cm³/mol. The molecule has 162 valence electrons. The highest BCUT2D eigenvalue weighted by molar-refractivity contribution is 5.96. The standard InChI is InChI=1S/C29H40O/c1-3-5-8-11-24-14-16-27(17-15-24)29(20-6-4-2)21-18-25(19-22-29)23-28(30)26-12-9-7-10-13-26/h7,9-10,12-17,25H,3-6,8,11,18-23H2,1-2H3/t25-,29+. The van der Waals surface area contributed by atoms with Crippen LogP contribution in [0.15, 0.2) is 54.6 Å². The topological polar surface area (TPSA) is 17.1 Å². The summed E-state index contributed by atoms with van der Waals surface area (Å²) in [7, 11) is 0. The van der Waals surface area contributed by atoms with Gasteiger partial charge < -0.3 is 0 Å². The summed E-state index contributed by atoms with van der Waals surface area (Å²) >= 11 is 0. The number of benzene rings is 2. The molecule has 0 atom stereocenters. The van der Waals surface area contributed by atoms with Gasteiger partial charge >= 0.3 is 0 Å². The second kappa shape index (κ2) is 11.5. The Kier molecular flexibility index (Phi) is 8.73. The highest BCUT2D eigenvalue weighted by Crippen LogP contribution is 2.46. The fourth-order valence-electron chi connectivity index (χ4n) is 5.24. The fraction of sp³-hybridized carbons (Fsp3) is 0.552. The van der Waals surface area contributed by atoms with Gasteiger partial charge in [0.1, 0.15) is 0 Å². The summed E-state index contributed by atoms with van der Waals surface area (Å²) in [5.41, 5.74) is 4.23. The molecular formula is C29H40O. The first-order valence-corrected chi connectivity index (χ1v) is 12.3. The molecule has 1 aliphatic carbocycles. The summed E-state index contributed by atoms with van der Waals surface area (Å²) in [4.78, 5) is 12.7. The van der Waals surface area contributed by atoms with E-state index >= 15 is 0 Å². The zero-order chi connectivity index (χ0) is 21.2. The van der Waals surface area contributed by atoms with E-state index in [4.69, 9.17) is 0 Å². The van der Waals surface area contributed by atoms with Crippen LogP contribution in [0.1, 0.15) is 106 Å². The van der Waals surface area contributed by atoms with Gasteiger partial charge in [-0.2, -0.15) is 0 Å². The molecule has 2 aromatic rings. The molecule has 0 aromatic heterocycles. The Morgan fingerprint density at radius 3 is 2.17 bits per heavy atom. The summed E-state index contributed by atoms with van der Waals surface area (Å²) in [5.74, 6) is 0.860. The van der Waals surface area contributed by atoms with E-state index in [0.29, 0.717) is 23.5 Å². The number of hydrogen-bond acceptors (Lipinski definition) is 1. The lowest BCUT2D eigenvalue weighted by Gasteiger charge is -2.41. The lowest BCUT2D eigenvalue weighted by molar-refractivity contribution is 0.0934. The van der Waals surface area contributed by atoms with Crippen LogP contribution < -0.4 is 0 Å². The number of Topliss-reactive ketones (excluding diaryl/α,β-unsaturated/α-hetero) is 1. The summed E-state index contributed by atoms with van der Waals surface area (Å²) in [6.45, 7) is 4.57. The summed E-state index contributed by atoms with van der Waals surface area (Å²) in [5, 5.41) is 0. The molecule has 1 fully saturated rings. The molecule has 0 heterocycles. The molecule has 1 saturated carbocycles. The van der Waals surface area contributed by atoms with Crippen LogP contribution in [0.5, 0.6) is 0 Å². The Hall–Kier alpha value is -1.89. The van der Waals surface area contributed by atoms with Gasteiger partial charge in [-0.25, -0.2) is 0 Å². The molecule has 0 unspecified atom stereocenters. The summed E-state index contributed by atoms with van der Waals surface area (Å²) < 4.78 is 0. The van der Waals surface area contributed by atoms with Crippen molar-refractivity contribution < 1.29 is 4.79 Å². The van der Waals surface area contributed by atoms with E-state index < -0.39 is 0 Å². The molecule has 2 aromatic carbocycles. The first-order chi connectivity index (χ1) is 14.7. The maximum Gasteiger partial charge on any atom is 0.163 e. The number of carbonyl (C=O) groups excluding carboxylic acids is 1. The van der Waals surface area contributed by atoms with Gasteiger partial charge in [0.2, 0.25) is 0 Å². The Labute approximate surface area is 184 Å². The normalized spacial score (nSPS) is 21.5. The third kappa shape index (κ3) is 6.06. The molecule has 0 radical (unpaired) electrons. The van der Waals surface area contributed by atoms with Crippen LogP contribution in [0.3, 0.4) is 0 Å². The zero-order valence-corrected chi connectivity index (χ0v) is 19.2. The first-order valence-electron chi connectivity index (χ1n) is 12.3. The monoisotopic (exact) mass is 404 g/mol. The van der Waals surface area contributed by atoms with E-state index in [-0.39, 0.29) is 0 Å². The van der Waals surface area contributed by atoms with Crippen molar-refractivity contribution in [1.82, 2.24) is 0 Å². The van der Waals surface area contributed by atoms with E-state index in [1.807, 2.05) is 30.3 Å². The van der Waals surface area contributed by atoms with Gasteiger partial charge in [-0.15, -0.1) is 0 Å². The molecule has 1 heteroatoms. The Bertz CT molecular complexity index is 751. The molecular weight excluding hydrogens is 364 g/mol. The molecule has 1 nitrogen and oxygen atoms in total. The number of rotatable bonds is 11. The Balaban J connectivity index is 1.63. The van der Waals surface area contributed by atoms with Gasteiger partial charge in [-0.05, 0) is 67.4 Å². The maximum absolute atomic E-state index is 12.7. The smallest absolute Gasteiger partial charge is 0.163 e. The van der Waals surface area contributed by atoms with Crippen LogP contribution >= 0.6 is 0 Å². The SMILES string of the molecule is CCCCCc1ccc([C@]2(CCCC)CC[C@H](CC(=O)c3ccccc3)CC2)cc1. The van der Waals surface area contributed by atoms with Crippen LogP contribution in [0.2, 0.25) is 0 Å². The van der Waals surface area contributed by atoms with Crippen LogP contribution in [-0.2, 0) is 11.8 Å². The quantitative estimate of drug-likeness (QED) is 0.272. The van der Waals surface area contributed by atoms with Gasteiger partial charge in [0, 0.05) is 12.0 Å². The number of unbranched alkanes of at least 4 members (excludes halogenated alkanes) is 3. The second-order valence-corrected chi connectivity index (χ2v) is 9.47. The lowest BCUT2D eigenvalue weighted by Crippen LogP contribution is -2.32. The van der Waals surface area contributed by atoms with Crippen LogP contribution in [0.4, 0.5) is 0 Å². The molecule has 0 saturated heterocycles. The van der Waals surface area contributed by atoms with E-state index in [9.17, 15) is 4.79 Å². The van der Waals surface area contributed by atoms with Gasteiger partial charge in [-0.3, -0.25) is 4.79 Å². The van der Waals surface area contributed by atoms with Crippen molar-refractivity contribution in [1.29, 1.82) is 0 Å². The molecule has 0 N–H and O–H groups in total. The van der Waals surface area contributed by atoms with E-state index in [2.05, 4.69) is 38.1 Å². The van der Waals surface area contributed by atoms with Crippen molar-refractivity contribution >= 4 is 5.78 Å². The molecule has 3 rings (SSSR count). The van der Waals surface area contributed by atoms with E-state index in [1.54, 1.807) is 5.56 Å². The minimum Gasteiger partial charge on any atom is -0.294 e. The minimum absolute atomic E-state index is 0.318. The van der Waals surface area contributed by atoms with Crippen LogP contribution in [0.25, 0.3) is 0 Å². The van der Waals surface area contributed by atoms with Crippen molar-refractivity contribution in [2.45, 2.75) is 96.3 Å². The average molecular weight is 405 g/mol. The fourth-order valence-corrected chi connectivity index (χ4v) is 5.24. The van der Waals surface area contributed by atoms with Gasteiger partial charge in [0.05, 0.1) is 0 Å². The van der Waals surface area contributed by atoms with Gasteiger partial charge in [-0.1, -0.05) is 94.1 Å².